The van der Waals surface area contributed by atoms with Gasteiger partial charge in [0, 0.05) is 17.0 Å². The molecule has 0 aliphatic carbocycles. The van der Waals surface area contributed by atoms with Gasteiger partial charge in [-0.2, -0.15) is 0 Å². The van der Waals surface area contributed by atoms with Gasteiger partial charge in [0.1, 0.15) is 0 Å². The molecule has 0 aliphatic rings. The number of nitrogens with zero attached hydrogens (tertiary/aromatic N) is 1. The first-order valence-corrected chi connectivity index (χ1v) is 5.64. The van der Waals surface area contributed by atoms with E-state index in [1.54, 1.807) is 6.07 Å². The molecule has 3 nitrogen and oxygen atoms in total. The van der Waals surface area contributed by atoms with Crippen LogP contribution in [-0.2, 0) is 0 Å². The van der Waals surface area contributed by atoms with E-state index in [4.69, 9.17) is 11.6 Å². The van der Waals surface area contributed by atoms with Crippen LogP contribution < -0.4 is 0 Å². The molecule has 0 unspecified atom stereocenters. The number of rotatable bonds is 2. The van der Waals surface area contributed by atoms with Crippen molar-refractivity contribution in [2.75, 3.05) is 0 Å². The predicted molar refractivity (Wildman–Crippen MR) is 58.1 cm³/mol. The summed E-state index contributed by atoms with van der Waals surface area (Å²) in [5.74, 6) is 0. The third-order valence-corrected chi connectivity index (χ3v) is 3.48. The van der Waals surface area contributed by atoms with Crippen molar-refractivity contribution in [3.8, 4) is 11.1 Å². The van der Waals surface area contributed by atoms with Gasteiger partial charge < -0.3 is 0 Å². The Bertz CT molecular complexity index is 477. The molecule has 0 fully saturated rings. The van der Waals surface area contributed by atoms with Gasteiger partial charge in [0.2, 0.25) is 0 Å². The topological polar surface area (TPSA) is 43.1 Å². The van der Waals surface area contributed by atoms with Crippen molar-refractivity contribution in [1.29, 1.82) is 0 Å². The Kier molecular flexibility index (Phi) is 2.54. The highest BCUT2D eigenvalue weighted by atomic mass is 35.5. The van der Waals surface area contributed by atoms with Crippen molar-refractivity contribution in [2.24, 2.45) is 0 Å². The van der Waals surface area contributed by atoms with Gasteiger partial charge in [-0.3, -0.25) is 10.1 Å². The van der Waals surface area contributed by atoms with E-state index in [1.807, 2.05) is 5.38 Å². The van der Waals surface area contributed by atoms with Crippen molar-refractivity contribution in [3.63, 3.8) is 0 Å². The summed E-state index contributed by atoms with van der Waals surface area (Å²) in [7, 11) is 0. The highest BCUT2D eigenvalue weighted by Gasteiger charge is 2.12. The van der Waals surface area contributed by atoms with Gasteiger partial charge in [0.25, 0.3) is 0 Å². The van der Waals surface area contributed by atoms with Crippen molar-refractivity contribution >= 4 is 39.3 Å². The molecule has 0 saturated heterocycles. The molecule has 6 heteroatoms. The van der Waals surface area contributed by atoms with Crippen LogP contribution in [0.1, 0.15) is 0 Å². The van der Waals surface area contributed by atoms with Gasteiger partial charge in [0.15, 0.2) is 0 Å². The molecule has 2 aromatic rings. The summed E-state index contributed by atoms with van der Waals surface area (Å²) < 4.78 is 0.669. The predicted octanol–water partition coefficient (Wildman–Crippen LogP) is 3.84. The van der Waals surface area contributed by atoms with Crippen LogP contribution in [0.2, 0.25) is 4.34 Å². The molecular weight excluding hydrogens is 242 g/mol. The van der Waals surface area contributed by atoms with Crippen molar-refractivity contribution in [2.45, 2.75) is 0 Å². The summed E-state index contributed by atoms with van der Waals surface area (Å²) in [4.78, 5) is 10.0. The van der Waals surface area contributed by atoms with Crippen LogP contribution >= 0.6 is 34.3 Å². The van der Waals surface area contributed by atoms with Gasteiger partial charge in [-0.1, -0.05) is 22.9 Å². The van der Waals surface area contributed by atoms with Crippen LogP contribution in [0.3, 0.4) is 0 Å². The SMILES string of the molecule is O=[N+]([O-])c1cc(-c2csc(Cl)c2)[c]s1. The molecule has 71 valence electrons. The standard InChI is InChI=1S/C8H3ClNO2S2/c9-7-1-5(3-13-7)6-2-8(10(11)12)14-4-6/h1-3H. The lowest BCUT2D eigenvalue weighted by molar-refractivity contribution is -0.380. The van der Waals surface area contributed by atoms with Crippen molar-refractivity contribution in [3.05, 3.63) is 37.3 Å². The average molecular weight is 245 g/mol. The number of nitro groups is 1. The van der Waals surface area contributed by atoms with Gasteiger partial charge in [-0.05, 0) is 11.6 Å². The maximum absolute atomic E-state index is 10.4. The molecule has 2 heterocycles. The fraction of sp³-hybridized carbons (Fsp3) is 0. The summed E-state index contributed by atoms with van der Waals surface area (Å²) in [6.45, 7) is 0. The maximum atomic E-state index is 10.4. The molecule has 0 aromatic carbocycles. The van der Waals surface area contributed by atoms with Crippen LogP contribution in [0.15, 0.2) is 17.5 Å². The minimum atomic E-state index is -0.418. The molecule has 2 aromatic heterocycles. The zero-order valence-corrected chi connectivity index (χ0v) is 9.08. The minimum absolute atomic E-state index is 0.0994. The first-order valence-electron chi connectivity index (χ1n) is 3.57. The Morgan fingerprint density at radius 2 is 2.29 bits per heavy atom. The monoisotopic (exact) mass is 244 g/mol. The van der Waals surface area contributed by atoms with Crippen LogP contribution in [-0.4, -0.2) is 4.92 Å². The Labute approximate surface area is 92.7 Å². The fourth-order valence-corrected chi connectivity index (χ4v) is 2.50. The second-order valence-corrected chi connectivity index (χ2v) is 4.87. The van der Waals surface area contributed by atoms with Crippen LogP contribution in [0.5, 0.6) is 0 Å². The number of halogens is 1. The molecule has 1 radical (unpaired) electrons. The van der Waals surface area contributed by atoms with Crippen LogP contribution in [0.4, 0.5) is 5.00 Å². The summed E-state index contributed by atoms with van der Waals surface area (Å²) in [6.07, 6.45) is 0. The first-order chi connectivity index (χ1) is 6.66. The molecule has 0 bridgehead atoms. The smallest absolute Gasteiger partial charge is 0.258 e. The van der Waals surface area contributed by atoms with Crippen LogP contribution in [0.25, 0.3) is 11.1 Å². The number of thiophene rings is 2. The molecule has 0 saturated carbocycles. The lowest BCUT2D eigenvalue weighted by Crippen LogP contribution is -1.81. The van der Waals surface area contributed by atoms with E-state index in [2.05, 4.69) is 5.38 Å². The molecule has 2 rings (SSSR count). The third kappa shape index (κ3) is 1.79. The Morgan fingerprint density at radius 3 is 2.79 bits per heavy atom. The molecule has 14 heavy (non-hydrogen) atoms. The lowest BCUT2D eigenvalue weighted by atomic mass is 10.2. The molecular formula is C8H3ClNO2S2. The van der Waals surface area contributed by atoms with Crippen LogP contribution in [0, 0.1) is 15.5 Å². The van der Waals surface area contributed by atoms with Gasteiger partial charge in [-0.25, -0.2) is 0 Å². The number of hydrogen-bond acceptors (Lipinski definition) is 4. The van der Waals surface area contributed by atoms with E-state index < -0.39 is 4.92 Å². The van der Waals surface area contributed by atoms with Gasteiger partial charge in [-0.15, -0.1) is 11.3 Å². The molecule has 0 aliphatic heterocycles. The molecule has 0 atom stereocenters. The second-order valence-electron chi connectivity index (χ2n) is 2.50. The first kappa shape index (κ1) is 9.64. The van der Waals surface area contributed by atoms with E-state index in [0.29, 0.717) is 4.34 Å². The van der Waals surface area contributed by atoms with Gasteiger partial charge >= 0.3 is 5.00 Å². The summed E-state index contributed by atoms with van der Waals surface area (Å²) in [5.41, 5.74) is 1.61. The van der Waals surface area contributed by atoms with E-state index in [9.17, 15) is 10.1 Å². The summed E-state index contributed by atoms with van der Waals surface area (Å²) in [5, 5.41) is 15.2. The molecule has 0 spiro atoms. The largest absolute Gasteiger partial charge is 0.325 e. The summed E-state index contributed by atoms with van der Waals surface area (Å²) >= 11 is 8.15. The zero-order valence-electron chi connectivity index (χ0n) is 6.69. The minimum Gasteiger partial charge on any atom is -0.258 e. The Balaban J connectivity index is 2.38. The van der Waals surface area contributed by atoms with E-state index in [1.165, 1.54) is 17.4 Å². The molecule has 0 N–H and O–H groups in total. The zero-order chi connectivity index (χ0) is 10.1. The van der Waals surface area contributed by atoms with Gasteiger partial charge in [0.05, 0.1) is 14.6 Å². The Hall–Kier alpha value is -0.910. The highest BCUT2D eigenvalue weighted by molar-refractivity contribution is 7.15. The molecule has 0 amide bonds. The van der Waals surface area contributed by atoms with E-state index in [-0.39, 0.29) is 5.00 Å². The lowest BCUT2D eigenvalue weighted by Gasteiger charge is -1.85. The average Bonchev–Trinajstić information content (AvgIpc) is 2.70. The van der Waals surface area contributed by atoms with E-state index >= 15 is 0 Å². The Morgan fingerprint density at radius 1 is 1.50 bits per heavy atom. The maximum Gasteiger partial charge on any atom is 0.325 e. The quantitative estimate of drug-likeness (QED) is 0.595. The summed E-state index contributed by atoms with van der Waals surface area (Å²) in [6, 6.07) is 3.28. The normalized spacial score (nSPS) is 10.4. The fourth-order valence-electron chi connectivity index (χ4n) is 0.973. The van der Waals surface area contributed by atoms with Crippen molar-refractivity contribution < 1.29 is 4.92 Å². The van der Waals surface area contributed by atoms with E-state index in [0.717, 1.165) is 22.5 Å². The van der Waals surface area contributed by atoms with Crippen molar-refractivity contribution in [1.82, 2.24) is 0 Å². The highest BCUT2D eigenvalue weighted by Crippen LogP contribution is 2.33. The second kappa shape index (κ2) is 3.68. The number of hydrogen-bond donors (Lipinski definition) is 0. The third-order valence-electron chi connectivity index (χ3n) is 1.59.